The molecule has 0 aromatic rings. The van der Waals surface area contributed by atoms with E-state index in [1.54, 1.807) is 13.1 Å². The molecule has 0 rings (SSSR count). The molecule has 1 N–H and O–H groups in total. The molecular formula is C9H18N2. The summed E-state index contributed by atoms with van der Waals surface area (Å²) in [5.41, 5.74) is 0. The minimum atomic E-state index is 0.570. The summed E-state index contributed by atoms with van der Waals surface area (Å²) in [5.74, 6) is 1.20. The number of nitrogens with one attached hydrogen (secondary N) is 1. The Hall–Kier alpha value is -0.790. The van der Waals surface area contributed by atoms with Gasteiger partial charge in [-0.15, -0.1) is 0 Å². The average Bonchev–Trinajstić information content (AvgIpc) is 1.99. The van der Waals surface area contributed by atoms with Crippen LogP contribution < -0.4 is 0 Å². The third-order valence-corrected chi connectivity index (χ3v) is 1.86. The Morgan fingerprint density at radius 3 is 2.55 bits per heavy atom. The van der Waals surface area contributed by atoms with E-state index in [0.717, 1.165) is 13.0 Å². The van der Waals surface area contributed by atoms with Crippen molar-refractivity contribution in [3.05, 3.63) is 12.8 Å². The molecule has 64 valence electrons. The molecule has 2 heteroatoms. The van der Waals surface area contributed by atoms with Crippen molar-refractivity contribution < 1.29 is 0 Å². The van der Waals surface area contributed by atoms with Crippen LogP contribution in [0.2, 0.25) is 0 Å². The first-order valence-corrected chi connectivity index (χ1v) is 4.06. The summed E-state index contributed by atoms with van der Waals surface area (Å²) in [5, 5.41) is 7.37. The maximum absolute atomic E-state index is 7.37. The molecular weight excluding hydrogens is 136 g/mol. The summed E-state index contributed by atoms with van der Waals surface area (Å²) in [6.45, 7) is 10.7. The molecule has 0 saturated carbocycles. The van der Waals surface area contributed by atoms with Crippen molar-refractivity contribution in [2.24, 2.45) is 5.92 Å². The van der Waals surface area contributed by atoms with Gasteiger partial charge < -0.3 is 4.90 Å². The van der Waals surface area contributed by atoms with Crippen LogP contribution in [0.1, 0.15) is 27.2 Å². The third kappa shape index (κ3) is 3.81. The van der Waals surface area contributed by atoms with Crippen molar-refractivity contribution in [2.75, 3.05) is 6.54 Å². The van der Waals surface area contributed by atoms with Gasteiger partial charge in [0.15, 0.2) is 0 Å². The molecule has 0 saturated heterocycles. The van der Waals surface area contributed by atoms with Gasteiger partial charge in [0.2, 0.25) is 0 Å². The normalized spacial score (nSPS) is 12.3. The molecule has 0 aromatic heterocycles. The molecule has 1 unspecified atom stereocenters. The van der Waals surface area contributed by atoms with E-state index in [1.165, 1.54) is 0 Å². The zero-order valence-corrected chi connectivity index (χ0v) is 7.72. The highest BCUT2D eigenvalue weighted by Crippen LogP contribution is 2.04. The van der Waals surface area contributed by atoms with Gasteiger partial charge in [-0.1, -0.05) is 26.8 Å². The zero-order valence-electron chi connectivity index (χ0n) is 7.72. The molecule has 1 atom stereocenters. The van der Waals surface area contributed by atoms with Gasteiger partial charge in [0.25, 0.3) is 0 Å². The molecule has 0 bridgehead atoms. The van der Waals surface area contributed by atoms with Crippen molar-refractivity contribution in [2.45, 2.75) is 27.2 Å². The Bertz CT molecular complexity index is 140. The first-order chi connectivity index (χ1) is 5.11. The minimum Gasteiger partial charge on any atom is -0.338 e. The fraction of sp³-hybridized carbons (Fsp3) is 0.667. The molecule has 0 aromatic carbocycles. The summed E-state index contributed by atoms with van der Waals surface area (Å²) in [4.78, 5) is 1.87. The highest BCUT2D eigenvalue weighted by Gasteiger charge is 2.05. The summed E-state index contributed by atoms with van der Waals surface area (Å²) in [6.07, 6.45) is 2.87. The predicted octanol–water partition coefficient (Wildman–Crippen LogP) is 2.48. The molecule has 0 radical (unpaired) electrons. The van der Waals surface area contributed by atoms with Gasteiger partial charge in [0, 0.05) is 6.54 Å². The number of amidine groups is 1. The monoisotopic (exact) mass is 154 g/mol. The smallest absolute Gasteiger partial charge is 0.0965 e. The van der Waals surface area contributed by atoms with E-state index in [0.29, 0.717) is 11.8 Å². The molecule has 0 fully saturated rings. The highest BCUT2D eigenvalue weighted by atomic mass is 15.1. The van der Waals surface area contributed by atoms with Gasteiger partial charge in [-0.3, -0.25) is 5.41 Å². The van der Waals surface area contributed by atoms with E-state index in [2.05, 4.69) is 20.4 Å². The number of hydrogen-bond donors (Lipinski definition) is 1. The fourth-order valence-electron chi connectivity index (χ4n) is 0.813. The maximum atomic E-state index is 7.37. The van der Waals surface area contributed by atoms with Crippen molar-refractivity contribution in [3.8, 4) is 0 Å². The molecule has 0 amide bonds. The number of hydrogen-bond acceptors (Lipinski definition) is 1. The molecule has 0 aliphatic rings. The lowest BCUT2D eigenvalue weighted by molar-refractivity contribution is 0.421. The second kappa shape index (κ2) is 4.94. The summed E-state index contributed by atoms with van der Waals surface area (Å²) >= 11 is 0. The minimum absolute atomic E-state index is 0.570. The average molecular weight is 154 g/mol. The van der Waals surface area contributed by atoms with Crippen LogP contribution in [0.4, 0.5) is 0 Å². The first-order valence-electron chi connectivity index (χ1n) is 4.06. The van der Waals surface area contributed by atoms with Gasteiger partial charge in [-0.2, -0.15) is 0 Å². The van der Waals surface area contributed by atoms with Crippen LogP contribution in [0.25, 0.3) is 0 Å². The van der Waals surface area contributed by atoms with E-state index < -0.39 is 0 Å². The van der Waals surface area contributed by atoms with E-state index in [1.807, 2.05) is 4.90 Å². The Morgan fingerprint density at radius 2 is 2.27 bits per heavy atom. The lowest BCUT2D eigenvalue weighted by atomic mass is 10.1. The van der Waals surface area contributed by atoms with Crippen LogP contribution in [-0.2, 0) is 0 Å². The lowest BCUT2D eigenvalue weighted by Crippen LogP contribution is -2.26. The van der Waals surface area contributed by atoms with Crippen LogP contribution in [0.5, 0.6) is 0 Å². The second-order valence-corrected chi connectivity index (χ2v) is 2.93. The summed E-state index contributed by atoms with van der Waals surface area (Å²) in [6, 6.07) is 0. The van der Waals surface area contributed by atoms with Crippen molar-refractivity contribution in [1.29, 1.82) is 5.41 Å². The Balaban J connectivity index is 3.87. The lowest BCUT2D eigenvalue weighted by Gasteiger charge is -2.21. The predicted molar refractivity (Wildman–Crippen MR) is 49.8 cm³/mol. The van der Waals surface area contributed by atoms with Gasteiger partial charge in [-0.25, -0.2) is 0 Å². The highest BCUT2D eigenvalue weighted by molar-refractivity contribution is 5.77. The fourth-order valence-corrected chi connectivity index (χ4v) is 0.813. The molecule has 2 nitrogen and oxygen atoms in total. The van der Waals surface area contributed by atoms with E-state index in [9.17, 15) is 0 Å². The van der Waals surface area contributed by atoms with Crippen LogP contribution in [0.3, 0.4) is 0 Å². The van der Waals surface area contributed by atoms with E-state index >= 15 is 0 Å². The molecule has 0 aliphatic heterocycles. The second-order valence-electron chi connectivity index (χ2n) is 2.93. The van der Waals surface area contributed by atoms with Crippen molar-refractivity contribution in [3.63, 3.8) is 0 Å². The Labute approximate surface area is 69.4 Å². The number of nitrogens with zero attached hydrogens (tertiary/aromatic N) is 1. The van der Waals surface area contributed by atoms with Gasteiger partial charge >= 0.3 is 0 Å². The van der Waals surface area contributed by atoms with Crippen LogP contribution in [0, 0.1) is 11.3 Å². The number of rotatable bonds is 4. The van der Waals surface area contributed by atoms with Gasteiger partial charge in [-0.05, 0) is 19.0 Å². The van der Waals surface area contributed by atoms with Crippen molar-refractivity contribution in [1.82, 2.24) is 4.90 Å². The van der Waals surface area contributed by atoms with Crippen LogP contribution in [-0.4, -0.2) is 17.3 Å². The quantitative estimate of drug-likeness (QED) is 0.489. The van der Waals surface area contributed by atoms with Crippen LogP contribution in [0.15, 0.2) is 12.8 Å². The van der Waals surface area contributed by atoms with Crippen molar-refractivity contribution >= 4 is 5.84 Å². The topological polar surface area (TPSA) is 27.1 Å². The molecule has 0 heterocycles. The largest absolute Gasteiger partial charge is 0.338 e. The maximum Gasteiger partial charge on any atom is 0.0965 e. The molecule has 0 aliphatic carbocycles. The first kappa shape index (κ1) is 10.2. The van der Waals surface area contributed by atoms with Gasteiger partial charge in [0.1, 0.15) is 0 Å². The molecule has 0 spiro atoms. The summed E-state index contributed by atoms with van der Waals surface area (Å²) < 4.78 is 0. The van der Waals surface area contributed by atoms with Crippen LogP contribution >= 0.6 is 0 Å². The summed E-state index contributed by atoms with van der Waals surface area (Å²) in [7, 11) is 0. The Morgan fingerprint density at radius 1 is 1.73 bits per heavy atom. The third-order valence-electron chi connectivity index (χ3n) is 1.86. The van der Waals surface area contributed by atoms with E-state index in [4.69, 9.17) is 5.41 Å². The van der Waals surface area contributed by atoms with E-state index in [-0.39, 0.29) is 0 Å². The zero-order chi connectivity index (χ0) is 8.85. The molecule has 11 heavy (non-hydrogen) atoms. The standard InChI is InChI=1S/C9H18N2/c1-5-8(3)7-11(6-2)9(4)10/h6,8,10H,2,5,7H2,1,3-4H3. The Kier molecular flexibility index (Phi) is 4.59. The SMILES string of the molecule is C=CN(CC(C)CC)C(C)=N. The van der Waals surface area contributed by atoms with Gasteiger partial charge in [0.05, 0.1) is 5.84 Å².